The molecule has 1 fully saturated rings. The van der Waals surface area contributed by atoms with Crippen LogP contribution in [0.1, 0.15) is 51.0 Å². The molecule has 0 bridgehead atoms. The summed E-state index contributed by atoms with van der Waals surface area (Å²) in [6.45, 7) is 2.26. The van der Waals surface area contributed by atoms with E-state index in [2.05, 4.69) is 23.7 Å². The fourth-order valence-corrected chi connectivity index (χ4v) is 3.60. The van der Waals surface area contributed by atoms with Crippen LogP contribution >= 0.6 is 11.6 Å². The molecule has 1 saturated carbocycles. The van der Waals surface area contributed by atoms with E-state index in [0.717, 1.165) is 22.7 Å². The monoisotopic (exact) mass is 355 g/mol. The zero-order valence-electron chi connectivity index (χ0n) is 14.6. The van der Waals surface area contributed by atoms with Crippen LogP contribution in [0.25, 0.3) is 11.3 Å². The molecule has 1 nitrogen and oxygen atoms in total. The molecule has 1 aliphatic carbocycles. The van der Waals surface area contributed by atoms with E-state index in [-0.39, 0.29) is 5.02 Å². The highest BCUT2D eigenvalue weighted by Gasteiger charge is 2.18. The van der Waals surface area contributed by atoms with E-state index >= 15 is 0 Å². The molecule has 0 spiro atoms. The molecule has 3 heteroatoms. The van der Waals surface area contributed by atoms with Crippen LogP contribution in [-0.4, -0.2) is 4.98 Å². The number of halogens is 2. The summed E-state index contributed by atoms with van der Waals surface area (Å²) in [5, 5.41) is 0.125. The minimum Gasteiger partial charge on any atom is -0.255 e. The number of benzene rings is 1. The third kappa shape index (κ3) is 4.83. The molecule has 1 aliphatic rings. The van der Waals surface area contributed by atoms with Crippen molar-refractivity contribution in [2.24, 2.45) is 11.8 Å². The summed E-state index contributed by atoms with van der Waals surface area (Å²) >= 11 is 5.72. The molecule has 0 N–H and O–H groups in total. The van der Waals surface area contributed by atoms with Gasteiger partial charge >= 0.3 is 0 Å². The Bertz CT molecular complexity index is 765. The van der Waals surface area contributed by atoms with Crippen LogP contribution in [0.4, 0.5) is 4.39 Å². The summed E-state index contributed by atoms with van der Waals surface area (Å²) in [5.74, 6) is 7.65. The maximum atomic E-state index is 13.6. The van der Waals surface area contributed by atoms with Crippen molar-refractivity contribution in [1.82, 2.24) is 4.98 Å². The number of pyridine rings is 1. The summed E-state index contributed by atoms with van der Waals surface area (Å²) in [5.41, 5.74) is 2.35. The molecule has 2 aromatic rings. The topological polar surface area (TPSA) is 12.9 Å². The van der Waals surface area contributed by atoms with E-state index in [1.54, 1.807) is 18.3 Å². The van der Waals surface area contributed by atoms with E-state index in [0.29, 0.717) is 5.92 Å². The summed E-state index contributed by atoms with van der Waals surface area (Å²) in [7, 11) is 0. The minimum absolute atomic E-state index is 0.125. The standard InChI is InChI=1S/C22H23ClFN/c1-2-3-16-4-6-17(7-5-16)8-9-18-10-13-22(25-15-18)19-11-12-20(23)21(24)14-19/h10-17H,2-7H2,1H3/t16-,17-. The van der Waals surface area contributed by atoms with Crippen LogP contribution < -0.4 is 0 Å². The molecule has 0 aliphatic heterocycles. The first-order chi connectivity index (χ1) is 12.2. The van der Waals surface area contributed by atoms with Gasteiger partial charge in [0.05, 0.1) is 10.7 Å². The first kappa shape index (κ1) is 18.0. The van der Waals surface area contributed by atoms with E-state index < -0.39 is 5.82 Å². The summed E-state index contributed by atoms with van der Waals surface area (Å²) in [4.78, 5) is 4.41. The average Bonchev–Trinajstić information content (AvgIpc) is 2.64. The molecule has 1 aromatic heterocycles. The van der Waals surface area contributed by atoms with E-state index in [1.165, 1.54) is 44.6 Å². The normalized spacial score (nSPS) is 20.0. The number of hydrogen-bond acceptors (Lipinski definition) is 1. The summed E-state index contributed by atoms with van der Waals surface area (Å²) in [6, 6.07) is 8.56. The smallest absolute Gasteiger partial charge is 0.142 e. The highest BCUT2D eigenvalue weighted by atomic mass is 35.5. The van der Waals surface area contributed by atoms with Crippen LogP contribution in [-0.2, 0) is 0 Å². The molecule has 1 aromatic carbocycles. The number of rotatable bonds is 3. The predicted molar refractivity (Wildman–Crippen MR) is 102 cm³/mol. The summed E-state index contributed by atoms with van der Waals surface area (Å²) in [6.07, 6.45) is 9.46. The Balaban J connectivity index is 1.63. The van der Waals surface area contributed by atoms with Crippen molar-refractivity contribution in [3.8, 4) is 23.1 Å². The molecular weight excluding hydrogens is 333 g/mol. The molecule has 25 heavy (non-hydrogen) atoms. The average molecular weight is 356 g/mol. The second-order valence-electron chi connectivity index (χ2n) is 6.84. The first-order valence-corrected chi connectivity index (χ1v) is 9.46. The van der Waals surface area contributed by atoms with Gasteiger partial charge in [-0.3, -0.25) is 4.98 Å². The van der Waals surface area contributed by atoms with E-state index in [1.807, 2.05) is 12.1 Å². The highest BCUT2D eigenvalue weighted by Crippen LogP contribution is 2.31. The van der Waals surface area contributed by atoms with Crippen molar-refractivity contribution in [3.63, 3.8) is 0 Å². The molecular formula is C22H23ClFN. The third-order valence-electron chi connectivity index (χ3n) is 4.94. The van der Waals surface area contributed by atoms with Gasteiger partial charge in [-0.2, -0.15) is 0 Å². The zero-order chi connectivity index (χ0) is 17.6. The molecule has 3 rings (SSSR count). The fraction of sp³-hybridized carbons (Fsp3) is 0.409. The molecule has 130 valence electrons. The SMILES string of the molecule is CCC[C@H]1CC[C@H](C#Cc2ccc(-c3ccc(Cl)c(F)c3)nc2)CC1. The second-order valence-corrected chi connectivity index (χ2v) is 7.24. The molecule has 1 heterocycles. The van der Waals surface area contributed by atoms with Gasteiger partial charge in [-0.25, -0.2) is 4.39 Å². The zero-order valence-corrected chi connectivity index (χ0v) is 15.3. The third-order valence-corrected chi connectivity index (χ3v) is 5.25. The van der Waals surface area contributed by atoms with Gasteiger partial charge in [0.15, 0.2) is 0 Å². The van der Waals surface area contributed by atoms with Gasteiger partial charge in [0, 0.05) is 23.2 Å². The van der Waals surface area contributed by atoms with Gasteiger partial charge in [-0.05, 0) is 55.9 Å². The van der Waals surface area contributed by atoms with Crippen molar-refractivity contribution in [2.75, 3.05) is 0 Å². The van der Waals surface area contributed by atoms with Gasteiger partial charge < -0.3 is 0 Å². The van der Waals surface area contributed by atoms with E-state index in [9.17, 15) is 4.39 Å². The molecule has 0 atom stereocenters. The van der Waals surface area contributed by atoms with Crippen molar-refractivity contribution >= 4 is 11.6 Å². The fourth-order valence-electron chi connectivity index (χ4n) is 3.48. The Kier molecular flexibility index (Phi) is 6.10. The first-order valence-electron chi connectivity index (χ1n) is 9.08. The second kappa shape index (κ2) is 8.50. The van der Waals surface area contributed by atoms with Gasteiger partial charge in [-0.1, -0.05) is 49.3 Å². The molecule has 0 amide bonds. The maximum Gasteiger partial charge on any atom is 0.142 e. The Morgan fingerprint density at radius 3 is 2.60 bits per heavy atom. The summed E-state index contributed by atoms with van der Waals surface area (Å²) < 4.78 is 13.6. The number of nitrogens with zero attached hydrogens (tertiary/aromatic N) is 1. The number of hydrogen-bond donors (Lipinski definition) is 0. The Labute approximate surface area is 154 Å². The van der Waals surface area contributed by atoms with Crippen molar-refractivity contribution in [1.29, 1.82) is 0 Å². The van der Waals surface area contributed by atoms with Crippen LogP contribution in [0.3, 0.4) is 0 Å². The van der Waals surface area contributed by atoms with E-state index in [4.69, 9.17) is 11.6 Å². The lowest BCUT2D eigenvalue weighted by Crippen LogP contribution is -2.13. The largest absolute Gasteiger partial charge is 0.255 e. The Morgan fingerprint density at radius 1 is 1.16 bits per heavy atom. The lowest BCUT2D eigenvalue weighted by Gasteiger charge is -2.25. The Morgan fingerprint density at radius 2 is 1.96 bits per heavy atom. The molecule has 0 saturated heterocycles. The van der Waals surface area contributed by atoms with Gasteiger partial charge in [0.25, 0.3) is 0 Å². The van der Waals surface area contributed by atoms with Gasteiger partial charge in [0.2, 0.25) is 0 Å². The quantitative estimate of drug-likeness (QED) is 0.572. The van der Waals surface area contributed by atoms with Crippen LogP contribution in [0.15, 0.2) is 36.5 Å². The van der Waals surface area contributed by atoms with Gasteiger partial charge in [-0.15, -0.1) is 0 Å². The molecule has 0 radical (unpaired) electrons. The maximum absolute atomic E-state index is 13.6. The van der Waals surface area contributed by atoms with Crippen LogP contribution in [0, 0.1) is 29.5 Å². The van der Waals surface area contributed by atoms with Crippen molar-refractivity contribution in [2.45, 2.75) is 45.4 Å². The minimum atomic E-state index is -0.427. The van der Waals surface area contributed by atoms with Crippen molar-refractivity contribution < 1.29 is 4.39 Å². The van der Waals surface area contributed by atoms with Crippen LogP contribution in [0.2, 0.25) is 5.02 Å². The van der Waals surface area contributed by atoms with Gasteiger partial charge in [0.1, 0.15) is 5.82 Å². The lowest BCUT2D eigenvalue weighted by molar-refractivity contribution is 0.300. The van der Waals surface area contributed by atoms with Crippen molar-refractivity contribution in [3.05, 3.63) is 52.9 Å². The number of aromatic nitrogens is 1. The van der Waals surface area contributed by atoms with Crippen LogP contribution in [0.5, 0.6) is 0 Å². The predicted octanol–water partition coefficient (Wildman–Crippen LogP) is 6.50. The lowest BCUT2D eigenvalue weighted by atomic mass is 9.80. The highest BCUT2D eigenvalue weighted by molar-refractivity contribution is 6.30. The molecule has 0 unspecified atom stereocenters. The Hall–Kier alpha value is -1.85.